The van der Waals surface area contributed by atoms with Crippen LogP contribution in [0.25, 0.3) is 11.3 Å². The average molecular weight is 318 g/mol. The molecule has 23 heavy (non-hydrogen) atoms. The average Bonchev–Trinajstić information content (AvgIpc) is 3.24. The standard InChI is InChI=1S/C17H22N2O2.C2H6.H2/c1-5-11(4)12-6-7-13(16-15(12)20-9-21-16)14-8-18-17(19-14)10(2)3;1-2;/h6-8,10-11H,5,9H2,1-4H3,(H,18,19);1-2H3;1H. The van der Waals surface area contributed by atoms with Crippen LogP contribution < -0.4 is 9.47 Å². The molecule has 1 aliphatic rings. The van der Waals surface area contributed by atoms with Gasteiger partial charge in [-0.3, -0.25) is 0 Å². The summed E-state index contributed by atoms with van der Waals surface area (Å²) in [6, 6.07) is 4.25. The van der Waals surface area contributed by atoms with Crippen LogP contribution in [0.1, 0.15) is 72.6 Å². The van der Waals surface area contributed by atoms with Crippen LogP contribution in [-0.2, 0) is 0 Å². The Kier molecular flexibility index (Phi) is 5.69. The summed E-state index contributed by atoms with van der Waals surface area (Å²) in [5.74, 6) is 3.56. The van der Waals surface area contributed by atoms with Crippen LogP contribution >= 0.6 is 0 Å². The number of H-pyrrole nitrogens is 1. The molecule has 0 bridgehead atoms. The molecule has 128 valence electrons. The highest BCUT2D eigenvalue weighted by atomic mass is 16.7. The molecule has 4 nitrogen and oxygen atoms in total. The van der Waals surface area contributed by atoms with E-state index in [1.165, 1.54) is 5.56 Å². The van der Waals surface area contributed by atoms with Crippen molar-refractivity contribution >= 4 is 0 Å². The number of benzene rings is 1. The SMILES string of the molecule is CC.CCC(C)c1ccc(-c2cnc(C(C)C)[nH]2)c2c1OCO2.[HH]. The minimum atomic E-state index is 0. The molecule has 0 amide bonds. The molecule has 0 fully saturated rings. The van der Waals surface area contributed by atoms with Gasteiger partial charge in [-0.1, -0.05) is 47.6 Å². The smallest absolute Gasteiger partial charge is 0.231 e. The minimum Gasteiger partial charge on any atom is -0.453 e. The van der Waals surface area contributed by atoms with Crippen molar-refractivity contribution in [3.63, 3.8) is 0 Å². The van der Waals surface area contributed by atoms with Gasteiger partial charge in [-0.15, -0.1) is 0 Å². The fourth-order valence-corrected chi connectivity index (χ4v) is 2.60. The monoisotopic (exact) mass is 318 g/mol. The number of ether oxygens (including phenoxy) is 2. The lowest BCUT2D eigenvalue weighted by molar-refractivity contribution is 0.173. The number of aromatic nitrogens is 2. The maximum Gasteiger partial charge on any atom is 0.231 e. The van der Waals surface area contributed by atoms with Crippen molar-refractivity contribution in [2.75, 3.05) is 6.79 Å². The van der Waals surface area contributed by atoms with Crippen molar-refractivity contribution in [1.82, 2.24) is 9.97 Å². The van der Waals surface area contributed by atoms with E-state index in [0.29, 0.717) is 18.6 Å². The van der Waals surface area contributed by atoms with E-state index in [2.05, 4.69) is 49.8 Å². The Morgan fingerprint density at radius 2 is 1.87 bits per heavy atom. The van der Waals surface area contributed by atoms with Crippen molar-refractivity contribution in [3.05, 3.63) is 29.7 Å². The number of rotatable bonds is 4. The van der Waals surface area contributed by atoms with Gasteiger partial charge in [-0.25, -0.2) is 4.98 Å². The van der Waals surface area contributed by atoms with Crippen molar-refractivity contribution < 1.29 is 10.9 Å². The summed E-state index contributed by atoms with van der Waals surface area (Å²) in [5.41, 5.74) is 3.22. The Morgan fingerprint density at radius 3 is 2.48 bits per heavy atom. The van der Waals surface area contributed by atoms with E-state index in [9.17, 15) is 0 Å². The van der Waals surface area contributed by atoms with Crippen molar-refractivity contribution in [3.8, 4) is 22.8 Å². The van der Waals surface area contributed by atoms with Crippen LogP contribution in [0.15, 0.2) is 18.3 Å². The van der Waals surface area contributed by atoms with Gasteiger partial charge in [0.25, 0.3) is 0 Å². The second-order valence-corrected chi connectivity index (χ2v) is 5.91. The molecule has 2 heterocycles. The molecule has 0 saturated carbocycles. The summed E-state index contributed by atoms with van der Waals surface area (Å²) in [4.78, 5) is 7.81. The molecule has 1 aromatic carbocycles. The number of hydrogen-bond donors (Lipinski definition) is 1. The van der Waals surface area contributed by atoms with Crippen molar-refractivity contribution in [2.45, 2.75) is 59.8 Å². The molecule has 1 unspecified atom stereocenters. The van der Waals surface area contributed by atoms with Crippen LogP contribution in [0, 0.1) is 0 Å². The minimum absolute atomic E-state index is 0. The molecule has 0 aliphatic carbocycles. The first-order valence-electron chi connectivity index (χ1n) is 8.59. The van der Waals surface area contributed by atoms with Gasteiger partial charge in [0.05, 0.1) is 11.9 Å². The molecule has 1 atom stereocenters. The van der Waals surface area contributed by atoms with E-state index in [1.807, 2.05) is 20.0 Å². The largest absolute Gasteiger partial charge is 0.453 e. The van der Waals surface area contributed by atoms with Crippen molar-refractivity contribution in [1.29, 1.82) is 0 Å². The van der Waals surface area contributed by atoms with Crippen LogP contribution in [0.5, 0.6) is 11.5 Å². The normalized spacial score (nSPS) is 13.7. The molecular weight excluding hydrogens is 288 g/mol. The predicted octanol–water partition coefficient (Wildman–Crippen LogP) is 5.71. The van der Waals surface area contributed by atoms with E-state index in [4.69, 9.17) is 9.47 Å². The zero-order valence-corrected chi connectivity index (χ0v) is 15.1. The van der Waals surface area contributed by atoms with Gasteiger partial charge >= 0.3 is 0 Å². The quantitative estimate of drug-likeness (QED) is 0.785. The molecule has 1 aliphatic heterocycles. The number of fused-ring (bicyclic) bond motifs is 1. The summed E-state index contributed by atoms with van der Waals surface area (Å²) in [6.45, 7) is 12.9. The molecule has 4 heteroatoms. The third kappa shape index (κ3) is 3.36. The van der Waals surface area contributed by atoms with Gasteiger partial charge in [0.15, 0.2) is 11.5 Å². The summed E-state index contributed by atoms with van der Waals surface area (Å²) in [7, 11) is 0. The third-order valence-electron chi connectivity index (χ3n) is 4.12. The van der Waals surface area contributed by atoms with Gasteiger partial charge in [0.2, 0.25) is 6.79 Å². The van der Waals surface area contributed by atoms with E-state index in [-0.39, 0.29) is 1.43 Å². The molecule has 2 aromatic rings. The molecule has 0 radical (unpaired) electrons. The Morgan fingerprint density at radius 1 is 1.17 bits per heavy atom. The second-order valence-electron chi connectivity index (χ2n) is 5.91. The molecule has 0 saturated heterocycles. The van der Waals surface area contributed by atoms with E-state index < -0.39 is 0 Å². The highest BCUT2D eigenvalue weighted by Crippen LogP contribution is 2.46. The first-order chi connectivity index (χ1) is 11.1. The maximum atomic E-state index is 5.72. The highest BCUT2D eigenvalue weighted by Gasteiger charge is 2.25. The van der Waals surface area contributed by atoms with E-state index >= 15 is 0 Å². The fraction of sp³-hybridized carbons (Fsp3) is 0.526. The lowest BCUT2D eigenvalue weighted by atomic mass is 9.95. The number of hydrogen-bond acceptors (Lipinski definition) is 3. The molecule has 1 aromatic heterocycles. The Labute approximate surface area is 140 Å². The van der Waals surface area contributed by atoms with E-state index in [0.717, 1.165) is 35.0 Å². The molecule has 1 N–H and O–H groups in total. The van der Waals surface area contributed by atoms with Gasteiger partial charge < -0.3 is 14.5 Å². The first-order valence-corrected chi connectivity index (χ1v) is 8.59. The van der Waals surface area contributed by atoms with Gasteiger partial charge in [-0.05, 0) is 18.4 Å². The Balaban J connectivity index is 0.000000925. The maximum absolute atomic E-state index is 5.72. The first kappa shape index (κ1) is 17.4. The van der Waals surface area contributed by atoms with Gasteiger partial charge in [0, 0.05) is 18.5 Å². The van der Waals surface area contributed by atoms with Gasteiger partial charge in [0.1, 0.15) is 5.82 Å². The number of nitrogens with one attached hydrogen (secondary N) is 1. The number of nitrogens with zero attached hydrogens (tertiary/aromatic N) is 1. The van der Waals surface area contributed by atoms with Crippen LogP contribution in [0.3, 0.4) is 0 Å². The van der Waals surface area contributed by atoms with Crippen molar-refractivity contribution in [2.24, 2.45) is 0 Å². The summed E-state index contributed by atoms with van der Waals surface area (Å²) >= 11 is 0. The zero-order chi connectivity index (χ0) is 17.0. The number of aromatic amines is 1. The zero-order valence-electron chi connectivity index (χ0n) is 15.1. The lowest BCUT2D eigenvalue weighted by Gasteiger charge is -2.13. The Hall–Kier alpha value is -1.97. The summed E-state index contributed by atoms with van der Waals surface area (Å²) in [6.07, 6.45) is 2.95. The fourth-order valence-electron chi connectivity index (χ4n) is 2.60. The molecule has 3 rings (SSSR count). The lowest BCUT2D eigenvalue weighted by Crippen LogP contribution is -1.96. The Bertz CT molecular complexity index is 653. The predicted molar refractivity (Wildman–Crippen MR) is 96.4 cm³/mol. The molecular formula is C19H30N2O2. The topological polar surface area (TPSA) is 47.1 Å². The van der Waals surface area contributed by atoms with Crippen LogP contribution in [0.4, 0.5) is 0 Å². The molecule has 0 spiro atoms. The summed E-state index contributed by atoms with van der Waals surface area (Å²) in [5, 5.41) is 0. The third-order valence-corrected chi connectivity index (χ3v) is 4.12. The van der Waals surface area contributed by atoms with Crippen LogP contribution in [-0.4, -0.2) is 16.8 Å². The van der Waals surface area contributed by atoms with Crippen LogP contribution in [0.2, 0.25) is 0 Å². The second kappa shape index (κ2) is 7.53. The van der Waals surface area contributed by atoms with E-state index in [1.54, 1.807) is 0 Å². The van der Waals surface area contributed by atoms with Gasteiger partial charge in [-0.2, -0.15) is 0 Å². The highest BCUT2D eigenvalue weighted by molar-refractivity contribution is 5.73. The summed E-state index contributed by atoms with van der Waals surface area (Å²) < 4.78 is 11.4. The number of imidazole rings is 1.